The number of aromatic nitrogens is 2. The van der Waals surface area contributed by atoms with Gasteiger partial charge in [0.15, 0.2) is 11.5 Å². The van der Waals surface area contributed by atoms with Crippen LogP contribution in [0.1, 0.15) is 32.0 Å². The molecule has 0 fully saturated rings. The van der Waals surface area contributed by atoms with Crippen molar-refractivity contribution < 1.29 is 9.47 Å². The molecule has 1 unspecified atom stereocenters. The molecule has 0 radical (unpaired) electrons. The first-order valence-corrected chi connectivity index (χ1v) is 5.81. The van der Waals surface area contributed by atoms with E-state index in [1.54, 1.807) is 14.2 Å². The average molecular weight is 234 g/mol. The summed E-state index contributed by atoms with van der Waals surface area (Å²) in [6.45, 7) is 4.31. The van der Waals surface area contributed by atoms with Crippen LogP contribution in [0.25, 0.3) is 11.0 Å². The standard InChI is InChI=1S/C13H18N2O2/c1-5-8(2)13-14-9-6-11(16-3)12(17-4)7-10(9)15-13/h6-8H,5H2,1-4H3,(H,14,15). The first-order chi connectivity index (χ1) is 8.19. The van der Waals surface area contributed by atoms with Crippen molar-refractivity contribution in [3.63, 3.8) is 0 Å². The maximum Gasteiger partial charge on any atom is 0.163 e. The van der Waals surface area contributed by atoms with Gasteiger partial charge < -0.3 is 14.5 Å². The third-order valence-corrected chi connectivity index (χ3v) is 3.08. The molecule has 1 heterocycles. The van der Waals surface area contributed by atoms with Crippen LogP contribution < -0.4 is 9.47 Å². The highest BCUT2D eigenvalue weighted by molar-refractivity contribution is 5.79. The molecule has 17 heavy (non-hydrogen) atoms. The lowest BCUT2D eigenvalue weighted by Crippen LogP contribution is -1.92. The Morgan fingerprint density at radius 1 is 1.24 bits per heavy atom. The summed E-state index contributed by atoms with van der Waals surface area (Å²) in [5.41, 5.74) is 1.90. The van der Waals surface area contributed by atoms with Crippen LogP contribution in [0.4, 0.5) is 0 Å². The van der Waals surface area contributed by atoms with E-state index in [0.29, 0.717) is 11.7 Å². The number of benzene rings is 1. The Hall–Kier alpha value is -1.71. The van der Waals surface area contributed by atoms with E-state index in [-0.39, 0.29) is 0 Å². The number of hydrogen-bond acceptors (Lipinski definition) is 3. The lowest BCUT2D eigenvalue weighted by atomic mass is 10.1. The van der Waals surface area contributed by atoms with Gasteiger partial charge in [0.2, 0.25) is 0 Å². The minimum absolute atomic E-state index is 0.430. The Morgan fingerprint density at radius 2 is 1.88 bits per heavy atom. The molecule has 0 aliphatic rings. The van der Waals surface area contributed by atoms with Crippen molar-refractivity contribution in [3.8, 4) is 11.5 Å². The summed E-state index contributed by atoms with van der Waals surface area (Å²) in [5.74, 6) is 2.87. The van der Waals surface area contributed by atoms with Gasteiger partial charge in [0.05, 0.1) is 25.3 Å². The zero-order chi connectivity index (χ0) is 12.4. The molecule has 1 atom stereocenters. The number of aromatic amines is 1. The smallest absolute Gasteiger partial charge is 0.163 e. The molecule has 0 saturated heterocycles. The summed E-state index contributed by atoms with van der Waals surface area (Å²) in [6, 6.07) is 3.82. The molecule has 1 aromatic heterocycles. The number of rotatable bonds is 4. The number of nitrogens with zero attached hydrogens (tertiary/aromatic N) is 1. The second-order valence-corrected chi connectivity index (χ2v) is 4.16. The molecular formula is C13H18N2O2. The highest BCUT2D eigenvalue weighted by atomic mass is 16.5. The molecule has 1 aromatic carbocycles. The monoisotopic (exact) mass is 234 g/mol. The molecule has 0 spiro atoms. The summed E-state index contributed by atoms with van der Waals surface area (Å²) >= 11 is 0. The van der Waals surface area contributed by atoms with E-state index < -0.39 is 0 Å². The largest absolute Gasteiger partial charge is 0.493 e. The van der Waals surface area contributed by atoms with Crippen LogP contribution in [0.5, 0.6) is 11.5 Å². The number of fused-ring (bicyclic) bond motifs is 1. The fourth-order valence-corrected chi connectivity index (χ4v) is 1.78. The van der Waals surface area contributed by atoms with Crippen LogP contribution in [0.15, 0.2) is 12.1 Å². The molecule has 0 amide bonds. The number of imidazole rings is 1. The number of nitrogens with one attached hydrogen (secondary N) is 1. The number of ether oxygens (including phenoxy) is 2. The molecule has 1 N–H and O–H groups in total. The van der Waals surface area contributed by atoms with Crippen LogP contribution in [0, 0.1) is 0 Å². The Balaban J connectivity index is 2.53. The Morgan fingerprint density at radius 3 is 2.47 bits per heavy atom. The van der Waals surface area contributed by atoms with Crippen molar-refractivity contribution in [2.75, 3.05) is 14.2 Å². The van der Waals surface area contributed by atoms with E-state index in [4.69, 9.17) is 9.47 Å². The van der Waals surface area contributed by atoms with Crippen LogP contribution in [0.3, 0.4) is 0 Å². The topological polar surface area (TPSA) is 47.1 Å². The van der Waals surface area contributed by atoms with Crippen molar-refractivity contribution in [2.24, 2.45) is 0 Å². The van der Waals surface area contributed by atoms with Gasteiger partial charge in [0.1, 0.15) is 5.82 Å². The number of methoxy groups -OCH3 is 2. The van der Waals surface area contributed by atoms with Crippen molar-refractivity contribution in [3.05, 3.63) is 18.0 Å². The van der Waals surface area contributed by atoms with E-state index >= 15 is 0 Å². The Labute approximate surface area is 101 Å². The molecule has 2 rings (SSSR count). The molecule has 0 aliphatic carbocycles. The Kier molecular flexibility index (Phi) is 3.22. The molecule has 92 valence electrons. The van der Waals surface area contributed by atoms with Gasteiger partial charge in [-0.25, -0.2) is 4.98 Å². The van der Waals surface area contributed by atoms with E-state index in [2.05, 4.69) is 23.8 Å². The van der Waals surface area contributed by atoms with Gasteiger partial charge in [-0.15, -0.1) is 0 Å². The molecular weight excluding hydrogens is 216 g/mol. The fourth-order valence-electron chi connectivity index (χ4n) is 1.78. The van der Waals surface area contributed by atoms with Crippen molar-refractivity contribution in [1.82, 2.24) is 9.97 Å². The van der Waals surface area contributed by atoms with Gasteiger partial charge in [-0.05, 0) is 6.42 Å². The fraction of sp³-hybridized carbons (Fsp3) is 0.462. The van der Waals surface area contributed by atoms with E-state index in [9.17, 15) is 0 Å². The lowest BCUT2D eigenvalue weighted by Gasteiger charge is -2.06. The first-order valence-electron chi connectivity index (χ1n) is 5.81. The van der Waals surface area contributed by atoms with Crippen LogP contribution >= 0.6 is 0 Å². The molecule has 4 heteroatoms. The van der Waals surface area contributed by atoms with Crippen LogP contribution in [-0.4, -0.2) is 24.2 Å². The predicted molar refractivity (Wildman–Crippen MR) is 67.9 cm³/mol. The molecule has 4 nitrogen and oxygen atoms in total. The van der Waals surface area contributed by atoms with Gasteiger partial charge >= 0.3 is 0 Å². The quantitative estimate of drug-likeness (QED) is 0.884. The van der Waals surface area contributed by atoms with Crippen molar-refractivity contribution in [2.45, 2.75) is 26.2 Å². The van der Waals surface area contributed by atoms with Crippen molar-refractivity contribution >= 4 is 11.0 Å². The molecule has 0 bridgehead atoms. The molecule has 0 saturated carbocycles. The minimum Gasteiger partial charge on any atom is -0.493 e. The third-order valence-electron chi connectivity index (χ3n) is 3.08. The number of hydrogen-bond donors (Lipinski definition) is 1. The first kappa shape index (κ1) is 11.8. The molecule has 2 aromatic rings. The SMILES string of the molecule is CCC(C)c1nc2cc(OC)c(OC)cc2[nH]1. The zero-order valence-corrected chi connectivity index (χ0v) is 10.7. The lowest BCUT2D eigenvalue weighted by molar-refractivity contribution is 0.356. The van der Waals surface area contributed by atoms with E-state index in [1.165, 1.54) is 0 Å². The maximum absolute atomic E-state index is 5.27. The average Bonchev–Trinajstić information content (AvgIpc) is 2.78. The van der Waals surface area contributed by atoms with Gasteiger partial charge in [-0.2, -0.15) is 0 Å². The third kappa shape index (κ3) is 2.07. The summed E-state index contributed by atoms with van der Waals surface area (Å²) in [7, 11) is 3.27. The Bertz CT molecular complexity index is 478. The normalized spacial score (nSPS) is 12.7. The highest BCUT2D eigenvalue weighted by Gasteiger charge is 2.12. The zero-order valence-electron chi connectivity index (χ0n) is 10.7. The summed E-state index contributed by atoms with van der Waals surface area (Å²) in [5, 5.41) is 0. The van der Waals surface area contributed by atoms with Gasteiger partial charge in [-0.3, -0.25) is 0 Å². The van der Waals surface area contributed by atoms with E-state index in [1.807, 2.05) is 12.1 Å². The maximum atomic E-state index is 5.27. The van der Waals surface area contributed by atoms with Crippen LogP contribution in [0.2, 0.25) is 0 Å². The summed E-state index contributed by atoms with van der Waals surface area (Å²) in [4.78, 5) is 7.90. The second kappa shape index (κ2) is 4.65. The molecule has 0 aliphatic heterocycles. The minimum atomic E-state index is 0.430. The van der Waals surface area contributed by atoms with Gasteiger partial charge in [-0.1, -0.05) is 13.8 Å². The second-order valence-electron chi connectivity index (χ2n) is 4.16. The number of H-pyrrole nitrogens is 1. The highest BCUT2D eigenvalue weighted by Crippen LogP contribution is 2.32. The van der Waals surface area contributed by atoms with Gasteiger partial charge in [0.25, 0.3) is 0 Å². The van der Waals surface area contributed by atoms with E-state index in [0.717, 1.165) is 29.0 Å². The van der Waals surface area contributed by atoms with Crippen molar-refractivity contribution in [1.29, 1.82) is 0 Å². The predicted octanol–water partition coefficient (Wildman–Crippen LogP) is 3.09. The van der Waals surface area contributed by atoms with Gasteiger partial charge in [0, 0.05) is 18.1 Å². The summed E-state index contributed by atoms with van der Waals surface area (Å²) in [6.07, 6.45) is 1.06. The van der Waals surface area contributed by atoms with Crippen LogP contribution in [-0.2, 0) is 0 Å². The summed E-state index contributed by atoms with van der Waals surface area (Å²) < 4.78 is 10.5.